The summed E-state index contributed by atoms with van der Waals surface area (Å²) in [6, 6.07) is 16.1. The van der Waals surface area contributed by atoms with E-state index in [9.17, 15) is 4.79 Å². The Balaban J connectivity index is 1.62. The number of anilines is 3. The van der Waals surface area contributed by atoms with Gasteiger partial charge in [0, 0.05) is 24.1 Å². The number of carbonyl (C=O) groups excluding carboxylic acids is 1. The highest BCUT2D eigenvalue weighted by molar-refractivity contribution is 6.04. The van der Waals surface area contributed by atoms with E-state index in [4.69, 9.17) is 0 Å². The molecule has 28 heavy (non-hydrogen) atoms. The molecule has 142 valence electrons. The summed E-state index contributed by atoms with van der Waals surface area (Å²) in [4.78, 5) is 24.0. The van der Waals surface area contributed by atoms with E-state index in [1.165, 1.54) is 5.56 Å². The highest BCUT2D eigenvalue weighted by Crippen LogP contribution is 2.32. The van der Waals surface area contributed by atoms with E-state index in [2.05, 4.69) is 58.3 Å². The number of fused-ring (bicyclic) bond motifs is 1. The van der Waals surface area contributed by atoms with E-state index in [1.54, 1.807) is 12.3 Å². The molecule has 0 aliphatic carbocycles. The number of rotatable bonds is 5. The molecule has 0 spiro atoms. The largest absolute Gasteiger partial charge is 0.320 e. The van der Waals surface area contributed by atoms with Gasteiger partial charge < -0.3 is 10.2 Å². The average Bonchev–Trinajstić information content (AvgIpc) is 3.18. The smallest absolute Gasteiger partial charge is 0.274 e. The number of amides is 1. The second-order valence-corrected chi connectivity index (χ2v) is 6.88. The molecule has 1 aromatic heterocycles. The maximum atomic E-state index is 12.9. The van der Waals surface area contributed by atoms with Crippen LogP contribution in [0.15, 0.2) is 54.7 Å². The van der Waals surface area contributed by atoms with Crippen LogP contribution in [0, 0.1) is 0 Å². The quantitative estimate of drug-likeness (QED) is 0.714. The van der Waals surface area contributed by atoms with Crippen molar-refractivity contribution in [3.63, 3.8) is 0 Å². The van der Waals surface area contributed by atoms with Crippen molar-refractivity contribution in [1.29, 1.82) is 0 Å². The van der Waals surface area contributed by atoms with Gasteiger partial charge in [0.05, 0.1) is 0 Å². The predicted octanol–water partition coefficient (Wildman–Crippen LogP) is 4.55. The number of aryl methyl sites for hydroxylation is 2. The minimum atomic E-state index is -0.202. The van der Waals surface area contributed by atoms with Gasteiger partial charge in [0.15, 0.2) is 0 Å². The van der Waals surface area contributed by atoms with Crippen molar-refractivity contribution >= 4 is 23.2 Å². The Morgan fingerprint density at radius 2 is 1.79 bits per heavy atom. The Kier molecular flexibility index (Phi) is 5.06. The first-order chi connectivity index (χ1) is 13.7. The molecule has 4 rings (SSSR count). The average molecular weight is 372 g/mol. The lowest BCUT2D eigenvalue weighted by atomic mass is 10.0. The van der Waals surface area contributed by atoms with Gasteiger partial charge in [0.25, 0.3) is 5.91 Å². The van der Waals surface area contributed by atoms with Crippen LogP contribution >= 0.6 is 0 Å². The molecule has 1 aliphatic rings. The lowest BCUT2D eigenvalue weighted by Crippen LogP contribution is -2.20. The third-order valence-electron chi connectivity index (χ3n) is 5.24. The summed E-state index contributed by atoms with van der Waals surface area (Å²) >= 11 is 0. The molecule has 3 aromatic rings. The van der Waals surface area contributed by atoms with Crippen LogP contribution in [0.25, 0.3) is 0 Å². The first-order valence-electron chi connectivity index (χ1n) is 9.81. The number of aromatic nitrogens is 2. The van der Waals surface area contributed by atoms with Gasteiger partial charge in [-0.05, 0) is 48.1 Å². The highest BCUT2D eigenvalue weighted by Gasteiger charge is 2.23. The van der Waals surface area contributed by atoms with Crippen LogP contribution in [0.4, 0.5) is 17.3 Å². The molecule has 0 bridgehead atoms. The number of hydrogen-bond acceptors (Lipinski definition) is 4. The van der Waals surface area contributed by atoms with E-state index in [0.717, 1.165) is 48.3 Å². The molecule has 2 aromatic carbocycles. The summed E-state index contributed by atoms with van der Waals surface area (Å²) < 4.78 is 0. The van der Waals surface area contributed by atoms with Gasteiger partial charge >= 0.3 is 0 Å². The lowest BCUT2D eigenvalue weighted by Gasteiger charge is -2.18. The second kappa shape index (κ2) is 7.80. The number of benzene rings is 2. The Hall–Kier alpha value is -3.21. The highest BCUT2D eigenvalue weighted by atomic mass is 16.1. The molecule has 1 aliphatic heterocycles. The zero-order valence-corrected chi connectivity index (χ0v) is 16.3. The summed E-state index contributed by atoms with van der Waals surface area (Å²) in [5.74, 6) is 0.365. The number of nitrogens with one attached hydrogen (secondary N) is 1. The molecule has 1 N–H and O–H groups in total. The van der Waals surface area contributed by atoms with Crippen molar-refractivity contribution in [3.8, 4) is 0 Å². The van der Waals surface area contributed by atoms with Crippen LogP contribution in [-0.4, -0.2) is 22.4 Å². The molecule has 0 atom stereocenters. The Bertz CT molecular complexity index is 993. The Morgan fingerprint density at radius 1 is 1.04 bits per heavy atom. The van der Waals surface area contributed by atoms with Crippen molar-refractivity contribution in [2.24, 2.45) is 0 Å². The summed E-state index contributed by atoms with van der Waals surface area (Å²) in [7, 11) is 0. The number of nitrogens with zero attached hydrogens (tertiary/aromatic N) is 3. The fourth-order valence-corrected chi connectivity index (χ4v) is 3.73. The molecule has 0 fully saturated rings. The van der Waals surface area contributed by atoms with Gasteiger partial charge in [0.1, 0.15) is 5.69 Å². The van der Waals surface area contributed by atoms with E-state index in [1.807, 2.05) is 18.2 Å². The molecule has 0 radical (unpaired) electrons. The Labute approximate surface area is 165 Å². The minimum absolute atomic E-state index is 0.202. The predicted molar refractivity (Wildman–Crippen MR) is 112 cm³/mol. The van der Waals surface area contributed by atoms with Gasteiger partial charge in [-0.15, -0.1) is 0 Å². The number of hydrogen-bond donors (Lipinski definition) is 1. The Morgan fingerprint density at radius 3 is 2.54 bits per heavy atom. The monoisotopic (exact) mass is 372 g/mol. The molecule has 5 heteroatoms. The standard InChI is InChI=1S/C23H24N4O/c1-3-16-9-7-10-17(4-2)21(16)26-22(28)19-12-14-24-23(25-19)27-15-13-18-8-5-6-11-20(18)27/h5-12,14H,3-4,13,15H2,1-2H3,(H,26,28). The topological polar surface area (TPSA) is 58.1 Å². The van der Waals surface area contributed by atoms with E-state index < -0.39 is 0 Å². The maximum Gasteiger partial charge on any atom is 0.274 e. The molecule has 0 saturated heterocycles. The van der Waals surface area contributed by atoms with Crippen molar-refractivity contribution in [2.75, 3.05) is 16.8 Å². The second-order valence-electron chi connectivity index (χ2n) is 6.88. The molecular weight excluding hydrogens is 348 g/mol. The van der Waals surface area contributed by atoms with E-state index >= 15 is 0 Å². The van der Waals surface area contributed by atoms with E-state index in [0.29, 0.717) is 11.6 Å². The van der Waals surface area contributed by atoms with Crippen LogP contribution in [-0.2, 0) is 19.3 Å². The van der Waals surface area contributed by atoms with Gasteiger partial charge in [0.2, 0.25) is 5.95 Å². The van der Waals surface area contributed by atoms with Gasteiger partial charge in [-0.1, -0.05) is 50.2 Å². The SMILES string of the molecule is CCc1cccc(CC)c1NC(=O)c1ccnc(N2CCc3ccccc32)n1. The molecular formula is C23H24N4O. The molecule has 2 heterocycles. The normalized spacial score (nSPS) is 12.7. The van der Waals surface area contributed by atoms with Crippen LogP contribution in [0.2, 0.25) is 0 Å². The first-order valence-corrected chi connectivity index (χ1v) is 9.81. The van der Waals surface area contributed by atoms with Crippen molar-refractivity contribution < 1.29 is 4.79 Å². The van der Waals surface area contributed by atoms with Crippen LogP contribution in [0.1, 0.15) is 41.0 Å². The minimum Gasteiger partial charge on any atom is -0.320 e. The van der Waals surface area contributed by atoms with E-state index in [-0.39, 0.29) is 5.91 Å². The van der Waals surface area contributed by atoms with Gasteiger partial charge in [-0.2, -0.15) is 0 Å². The van der Waals surface area contributed by atoms with Crippen molar-refractivity contribution in [3.05, 3.63) is 77.1 Å². The maximum absolute atomic E-state index is 12.9. The van der Waals surface area contributed by atoms with Crippen LogP contribution < -0.4 is 10.2 Å². The summed E-state index contributed by atoms with van der Waals surface area (Å²) in [6.45, 7) is 5.01. The molecule has 0 saturated carbocycles. The summed E-state index contributed by atoms with van der Waals surface area (Å²) in [6.07, 6.45) is 4.34. The third-order valence-corrected chi connectivity index (χ3v) is 5.24. The van der Waals surface area contributed by atoms with Gasteiger partial charge in [-0.25, -0.2) is 9.97 Å². The lowest BCUT2D eigenvalue weighted by molar-refractivity contribution is 0.102. The molecule has 0 unspecified atom stereocenters. The zero-order valence-electron chi connectivity index (χ0n) is 16.3. The first kappa shape index (κ1) is 18.2. The molecule has 5 nitrogen and oxygen atoms in total. The fraction of sp³-hybridized carbons (Fsp3) is 0.261. The summed E-state index contributed by atoms with van der Waals surface area (Å²) in [5, 5.41) is 3.09. The van der Waals surface area contributed by atoms with Crippen molar-refractivity contribution in [1.82, 2.24) is 9.97 Å². The summed E-state index contributed by atoms with van der Waals surface area (Å²) in [5.41, 5.74) is 5.95. The van der Waals surface area contributed by atoms with Crippen molar-refractivity contribution in [2.45, 2.75) is 33.1 Å². The van der Waals surface area contributed by atoms with Crippen LogP contribution in [0.3, 0.4) is 0 Å². The third kappa shape index (κ3) is 3.36. The zero-order chi connectivity index (χ0) is 19.5. The van der Waals surface area contributed by atoms with Crippen LogP contribution in [0.5, 0.6) is 0 Å². The molecule has 1 amide bonds. The fourth-order valence-electron chi connectivity index (χ4n) is 3.73. The number of para-hydroxylation sites is 2. The van der Waals surface area contributed by atoms with Gasteiger partial charge in [-0.3, -0.25) is 4.79 Å². The number of carbonyl (C=O) groups is 1.